The fourth-order valence-corrected chi connectivity index (χ4v) is 3.08. The summed E-state index contributed by atoms with van der Waals surface area (Å²) < 4.78 is 17.8. The van der Waals surface area contributed by atoms with Crippen LogP contribution in [-0.2, 0) is 0 Å². The Bertz CT molecular complexity index is 888. The minimum atomic E-state index is -0.511. The smallest absolute Gasteiger partial charge is 0.133 e. The summed E-state index contributed by atoms with van der Waals surface area (Å²) in [6.45, 7) is 0. The van der Waals surface area contributed by atoms with E-state index < -0.39 is 6.17 Å². The molecule has 0 fully saturated rings. The van der Waals surface area contributed by atoms with Crippen LogP contribution in [0.3, 0.4) is 0 Å². The van der Waals surface area contributed by atoms with Gasteiger partial charge in [0.25, 0.3) is 0 Å². The van der Waals surface area contributed by atoms with Crippen molar-refractivity contribution in [2.75, 3.05) is 17.5 Å². The summed E-state index contributed by atoms with van der Waals surface area (Å²) in [6, 6.07) is 18.1. The van der Waals surface area contributed by atoms with E-state index in [4.69, 9.17) is 11.5 Å². The molecule has 0 amide bonds. The first-order chi connectivity index (χ1) is 12.6. The second kappa shape index (κ2) is 8.18. The zero-order chi connectivity index (χ0) is 18.5. The van der Waals surface area contributed by atoms with E-state index in [2.05, 4.69) is 15.0 Å². The van der Waals surface area contributed by atoms with Crippen molar-refractivity contribution in [2.24, 2.45) is 5.73 Å². The lowest BCUT2D eigenvalue weighted by Gasteiger charge is -2.14. The Hall–Kier alpha value is -2.61. The summed E-state index contributed by atoms with van der Waals surface area (Å²) in [4.78, 5) is 5.18. The number of anilines is 2. The lowest BCUT2D eigenvalue weighted by Crippen LogP contribution is -2.27. The average Bonchev–Trinajstić information content (AvgIpc) is 2.67. The Labute approximate surface area is 156 Å². The van der Waals surface area contributed by atoms with Crippen molar-refractivity contribution in [1.29, 1.82) is 0 Å². The number of rotatable bonds is 6. The number of hydrogen-bond donors (Lipinski definition) is 4. The Balaban J connectivity index is 1.81. The fraction of sp³-hybridized carbons (Fsp3) is 0.105. The largest absolute Gasteiger partial charge is 0.397 e. The maximum absolute atomic E-state index is 14.6. The van der Waals surface area contributed by atoms with Crippen LogP contribution >= 0.6 is 11.9 Å². The first kappa shape index (κ1) is 18.2. The third-order valence-electron chi connectivity index (χ3n) is 3.84. The van der Waals surface area contributed by atoms with Gasteiger partial charge in [-0.15, -0.1) is 0 Å². The van der Waals surface area contributed by atoms with Crippen LogP contribution in [0.15, 0.2) is 65.6 Å². The molecule has 1 heterocycles. The van der Waals surface area contributed by atoms with Crippen LogP contribution in [0.1, 0.15) is 11.9 Å². The molecule has 0 aliphatic heterocycles. The van der Waals surface area contributed by atoms with E-state index >= 15 is 0 Å². The molecular formula is C19H20FN5S. The lowest BCUT2D eigenvalue weighted by atomic mass is 10.1. The predicted molar refractivity (Wildman–Crippen MR) is 106 cm³/mol. The fourth-order valence-electron chi connectivity index (χ4n) is 2.41. The van der Waals surface area contributed by atoms with Gasteiger partial charge in [0.15, 0.2) is 0 Å². The number of hydrogen-bond acceptors (Lipinski definition) is 6. The quantitative estimate of drug-likeness (QED) is 0.391. The van der Waals surface area contributed by atoms with Gasteiger partial charge in [-0.3, -0.25) is 0 Å². The van der Waals surface area contributed by atoms with E-state index in [-0.39, 0.29) is 5.82 Å². The summed E-state index contributed by atoms with van der Waals surface area (Å²) in [5, 5.41) is 2.89. The van der Waals surface area contributed by atoms with Crippen molar-refractivity contribution < 1.29 is 4.39 Å². The van der Waals surface area contributed by atoms with Gasteiger partial charge in [-0.05, 0) is 61.5 Å². The number of nitrogens with two attached hydrogens (primary N) is 2. The number of benzene rings is 2. The third-order valence-corrected chi connectivity index (χ3v) is 4.67. The van der Waals surface area contributed by atoms with Crippen LogP contribution in [0.4, 0.5) is 15.8 Å². The number of nitrogens with zero attached hydrogens (tertiary/aromatic N) is 1. The maximum Gasteiger partial charge on any atom is 0.133 e. The summed E-state index contributed by atoms with van der Waals surface area (Å²) >= 11 is 1.35. The van der Waals surface area contributed by atoms with Gasteiger partial charge in [-0.1, -0.05) is 18.2 Å². The van der Waals surface area contributed by atoms with Crippen LogP contribution in [0, 0.1) is 5.82 Å². The second-order valence-electron chi connectivity index (χ2n) is 5.65. The standard InChI is InChI=1S/C19H20FN5S/c1-23-19(22)18-16(21)9-10-17(24-18)14-8-7-13(11-15(14)20)26-25-12-5-3-2-4-6-12/h2-11,19,23,25H,21-22H2,1H3. The maximum atomic E-state index is 14.6. The normalized spacial score (nSPS) is 12.0. The highest BCUT2D eigenvalue weighted by Crippen LogP contribution is 2.29. The molecular weight excluding hydrogens is 349 g/mol. The van der Waals surface area contributed by atoms with Gasteiger partial charge >= 0.3 is 0 Å². The van der Waals surface area contributed by atoms with Crippen LogP contribution in [0.2, 0.25) is 0 Å². The summed E-state index contributed by atoms with van der Waals surface area (Å²) in [5.41, 5.74) is 14.7. The molecule has 0 saturated heterocycles. The first-order valence-corrected chi connectivity index (χ1v) is 8.87. The first-order valence-electron chi connectivity index (χ1n) is 8.05. The van der Waals surface area contributed by atoms with Gasteiger partial charge in [-0.25, -0.2) is 9.37 Å². The molecule has 6 N–H and O–H groups in total. The van der Waals surface area contributed by atoms with Gasteiger partial charge < -0.3 is 21.5 Å². The number of pyridine rings is 1. The molecule has 3 rings (SSSR count). The van der Waals surface area contributed by atoms with Crippen molar-refractivity contribution in [3.05, 3.63) is 72.2 Å². The van der Waals surface area contributed by atoms with Crippen LogP contribution in [0.25, 0.3) is 11.3 Å². The molecule has 5 nitrogen and oxygen atoms in total. The minimum Gasteiger partial charge on any atom is -0.397 e. The summed E-state index contributed by atoms with van der Waals surface area (Å²) in [7, 11) is 1.71. The third kappa shape index (κ3) is 4.13. The van der Waals surface area contributed by atoms with Crippen molar-refractivity contribution >= 4 is 23.3 Å². The molecule has 26 heavy (non-hydrogen) atoms. The van der Waals surface area contributed by atoms with E-state index in [9.17, 15) is 4.39 Å². The van der Waals surface area contributed by atoms with Gasteiger partial charge in [0, 0.05) is 16.1 Å². The zero-order valence-corrected chi connectivity index (χ0v) is 15.1. The van der Waals surface area contributed by atoms with Gasteiger partial charge in [-0.2, -0.15) is 0 Å². The Morgan fingerprint density at radius 1 is 1.08 bits per heavy atom. The number of nitrogen functional groups attached to an aromatic ring is 1. The molecule has 0 saturated carbocycles. The van der Waals surface area contributed by atoms with Crippen molar-refractivity contribution in [2.45, 2.75) is 11.1 Å². The Kier molecular flexibility index (Phi) is 5.72. The summed E-state index contributed by atoms with van der Waals surface area (Å²) in [5.74, 6) is -0.355. The van der Waals surface area contributed by atoms with Gasteiger partial charge in [0.2, 0.25) is 0 Å². The molecule has 0 aliphatic rings. The molecule has 1 unspecified atom stereocenters. The van der Waals surface area contributed by atoms with Gasteiger partial charge in [0.05, 0.1) is 17.1 Å². The molecule has 0 bridgehead atoms. The highest BCUT2D eigenvalue weighted by atomic mass is 32.2. The van der Waals surface area contributed by atoms with E-state index in [0.29, 0.717) is 22.6 Å². The zero-order valence-electron chi connectivity index (χ0n) is 14.2. The van der Waals surface area contributed by atoms with Crippen molar-refractivity contribution in [3.63, 3.8) is 0 Å². The molecule has 2 aromatic carbocycles. The molecule has 1 atom stereocenters. The van der Waals surface area contributed by atoms with E-state index in [0.717, 1.165) is 10.6 Å². The lowest BCUT2D eigenvalue weighted by molar-refractivity contribution is 0.605. The molecule has 0 radical (unpaired) electrons. The van der Waals surface area contributed by atoms with Crippen LogP contribution in [0.5, 0.6) is 0 Å². The minimum absolute atomic E-state index is 0.355. The number of aromatic nitrogens is 1. The van der Waals surface area contributed by atoms with Gasteiger partial charge in [0.1, 0.15) is 12.0 Å². The molecule has 3 aromatic rings. The van der Waals surface area contributed by atoms with Crippen molar-refractivity contribution in [3.8, 4) is 11.3 Å². The molecule has 0 aliphatic carbocycles. The van der Waals surface area contributed by atoms with E-state index in [1.165, 1.54) is 18.0 Å². The SMILES string of the molecule is CNC(N)c1nc(-c2ccc(SNc3ccccc3)cc2F)ccc1N. The average molecular weight is 369 g/mol. The second-order valence-corrected chi connectivity index (χ2v) is 6.53. The predicted octanol–water partition coefficient (Wildman–Crippen LogP) is 3.77. The highest BCUT2D eigenvalue weighted by Gasteiger charge is 2.14. The molecule has 1 aromatic heterocycles. The molecule has 7 heteroatoms. The highest BCUT2D eigenvalue weighted by molar-refractivity contribution is 8.00. The monoisotopic (exact) mass is 369 g/mol. The topological polar surface area (TPSA) is 89.0 Å². The van der Waals surface area contributed by atoms with Crippen LogP contribution < -0.4 is 21.5 Å². The summed E-state index contributed by atoms with van der Waals surface area (Å²) in [6.07, 6.45) is -0.511. The number of para-hydroxylation sites is 1. The Morgan fingerprint density at radius 2 is 1.85 bits per heavy atom. The molecule has 0 spiro atoms. The molecule has 134 valence electrons. The van der Waals surface area contributed by atoms with Crippen molar-refractivity contribution in [1.82, 2.24) is 10.3 Å². The van der Waals surface area contributed by atoms with E-state index in [1.54, 1.807) is 25.2 Å². The van der Waals surface area contributed by atoms with E-state index in [1.807, 2.05) is 36.4 Å². The number of nitrogens with one attached hydrogen (secondary N) is 2. The van der Waals surface area contributed by atoms with Crippen LogP contribution in [-0.4, -0.2) is 12.0 Å². The Morgan fingerprint density at radius 3 is 2.54 bits per heavy atom. The number of halogens is 1.